The lowest BCUT2D eigenvalue weighted by atomic mass is 10.0. The summed E-state index contributed by atoms with van der Waals surface area (Å²) in [6.45, 7) is 0. The minimum Gasteiger partial charge on any atom is -0.369 e. The third-order valence-electron chi connectivity index (χ3n) is 3.06. The highest BCUT2D eigenvalue weighted by Crippen LogP contribution is 2.25. The highest BCUT2D eigenvalue weighted by Gasteiger charge is 2.15. The lowest BCUT2D eigenvalue weighted by Crippen LogP contribution is -2.28. The number of aliphatic imine (C=N–C) groups is 1. The van der Waals surface area contributed by atoms with E-state index < -0.39 is 4.92 Å². The molecular formula is C15H13Cl2N5O2. The molecule has 3 N–H and O–H groups in total. The maximum absolute atomic E-state index is 10.9. The van der Waals surface area contributed by atoms with Crippen LogP contribution in [0.4, 0.5) is 5.69 Å². The number of guanidine groups is 1. The number of hydrazone groups is 1. The highest BCUT2D eigenvalue weighted by molar-refractivity contribution is 6.36. The van der Waals surface area contributed by atoms with Crippen molar-refractivity contribution in [2.45, 2.75) is 0 Å². The molecule has 2 aromatic carbocycles. The van der Waals surface area contributed by atoms with E-state index in [0.29, 0.717) is 21.9 Å². The Hall–Kier alpha value is -2.64. The van der Waals surface area contributed by atoms with Crippen LogP contribution in [-0.4, -0.2) is 23.6 Å². The van der Waals surface area contributed by atoms with Gasteiger partial charge in [0, 0.05) is 35.3 Å². The fourth-order valence-electron chi connectivity index (χ4n) is 1.86. The number of nitrogens with zero attached hydrogens (tertiary/aromatic N) is 3. The Kier molecular flexibility index (Phi) is 5.73. The zero-order valence-electron chi connectivity index (χ0n) is 12.5. The van der Waals surface area contributed by atoms with Crippen molar-refractivity contribution in [3.63, 3.8) is 0 Å². The normalized spacial score (nSPS) is 12.1. The van der Waals surface area contributed by atoms with Gasteiger partial charge in [-0.05, 0) is 18.2 Å². The maximum Gasteiger partial charge on any atom is 0.270 e. The average Bonchev–Trinajstić information content (AvgIpc) is 2.57. The maximum atomic E-state index is 10.9. The van der Waals surface area contributed by atoms with Crippen LogP contribution in [0.1, 0.15) is 11.1 Å². The summed E-state index contributed by atoms with van der Waals surface area (Å²) in [7, 11) is 1.51. The smallest absolute Gasteiger partial charge is 0.270 e. The highest BCUT2D eigenvalue weighted by atomic mass is 35.5. The van der Waals surface area contributed by atoms with Crippen LogP contribution in [0.25, 0.3) is 0 Å². The number of rotatable bonds is 4. The number of benzene rings is 2. The second kappa shape index (κ2) is 7.76. The van der Waals surface area contributed by atoms with Crippen molar-refractivity contribution in [3.05, 3.63) is 73.8 Å². The Morgan fingerprint density at radius 2 is 1.88 bits per heavy atom. The molecule has 0 unspecified atom stereocenters. The molecule has 24 heavy (non-hydrogen) atoms. The van der Waals surface area contributed by atoms with Gasteiger partial charge in [-0.25, -0.2) is 5.43 Å². The van der Waals surface area contributed by atoms with Crippen LogP contribution in [-0.2, 0) is 0 Å². The van der Waals surface area contributed by atoms with Gasteiger partial charge >= 0.3 is 0 Å². The first-order valence-corrected chi connectivity index (χ1v) is 7.44. The van der Waals surface area contributed by atoms with Crippen molar-refractivity contribution in [2.24, 2.45) is 15.8 Å². The Bertz CT molecular complexity index is 819. The summed E-state index contributed by atoms with van der Waals surface area (Å²) < 4.78 is 0. The topological polar surface area (TPSA) is 106 Å². The fourth-order valence-corrected chi connectivity index (χ4v) is 2.25. The van der Waals surface area contributed by atoms with Crippen LogP contribution >= 0.6 is 23.2 Å². The Morgan fingerprint density at radius 3 is 2.42 bits per heavy atom. The number of nitrogens with two attached hydrogens (primary N) is 1. The molecule has 9 heteroatoms. The summed E-state index contributed by atoms with van der Waals surface area (Å²) >= 11 is 12.1. The minimum atomic E-state index is -0.519. The molecule has 0 bridgehead atoms. The van der Waals surface area contributed by atoms with Gasteiger partial charge < -0.3 is 5.73 Å². The molecule has 2 aromatic rings. The number of non-ortho nitro benzene ring substituents is 1. The van der Waals surface area contributed by atoms with Crippen molar-refractivity contribution in [3.8, 4) is 0 Å². The van der Waals surface area contributed by atoms with E-state index in [4.69, 9.17) is 28.9 Å². The van der Waals surface area contributed by atoms with Gasteiger partial charge in [0.15, 0.2) is 0 Å². The summed E-state index contributed by atoms with van der Waals surface area (Å²) in [6.07, 6.45) is 0. The fraction of sp³-hybridized carbons (Fsp3) is 0.0667. The Balaban J connectivity index is 2.53. The van der Waals surface area contributed by atoms with Gasteiger partial charge in [-0.3, -0.25) is 15.1 Å². The Labute approximate surface area is 147 Å². The van der Waals surface area contributed by atoms with Crippen molar-refractivity contribution in [1.29, 1.82) is 0 Å². The summed E-state index contributed by atoms with van der Waals surface area (Å²) in [5.41, 5.74) is 9.73. The predicted octanol–water partition coefficient (Wildman–Crippen LogP) is 3.19. The van der Waals surface area contributed by atoms with Gasteiger partial charge in [0.05, 0.1) is 15.7 Å². The summed E-state index contributed by atoms with van der Waals surface area (Å²) in [5.74, 6) is 0.111. The number of hydrogen-bond acceptors (Lipinski definition) is 4. The monoisotopic (exact) mass is 365 g/mol. The molecule has 0 saturated heterocycles. The second-order valence-corrected chi connectivity index (χ2v) is 5.45. The van der Waals surface area contributed by atoms with Crippen LogP contribution in [0.15, 0.2) is 52.6 Å². The average molecular weight is 366 g/mol. The second-order valence-electron chi connectivity index (χ2n) is 4.61. The number of halogens is 2. The SMILES string of the molecule is CN=C(N)N/N=C(\c1ccc(Cl)cc1)c1ccc([N+](=O)[O-])cc1Cl. The van der Waals surface area contributed by atoms with E-state index in [1.165, 1.54) is 25.2 Å². The number of nitrogens with one attached hydrogen (secondary N) is 1. The van der Waals surface area contributed by atoms with E-state index >= 15 is 0 Å². The standard InChI is InChI=1S/C15H13Cl2N5O2/c1-19-15(18)21-20-14(9-2-4-10(16)5-3-9)12-7-6-11(22(23)24)8-13(12)17/h2-8H,1H3,(H3,18,19,21)/b20-14+. The first-order chi connectivity index (χ1) is 11.4. The quantitative estimate of drug-likeness (QED) is 0.375. The molecule has 0 spiro atoms. The van der Waals surface area contributed by atoms with Crippen LogP contribution in [0.2, 0.25) is 10.0 Å². The van der Waals surface area contributed by atoms with Gasteiger partial charge in [-0.15, -0.1) is 0 Å². The van der Waals surface area contributed by atoms with E-state index in [9.17, 15) is 10.1 Å². The molecule has 0 radical (unpaired) electrons. The molecule has 2 rings (SSSR count). The Morgan fingerprint density at radius 1 is 1.21 bits per heavy atom. The first kappa shape index (κ1) is 17.7. The molecule has 0 aliphatic heterocycles. The largest absolute Gasteiger partial charge is 0.369 e. The molecule has 0 fully saturated rings. The van der Waals surface area contributed by atoms with E-state index in [0.717, 1.165) is 0 Å². The lowest BCUT2D eigenvalue weighted by molar-refractivity contribution is -0.384. The van der Waals surface area contributed by atoms with Crippen molar-refractivity contribution >= 4 is 40.6 Å². The van der Waals surface area contributed by atoms with Gasteiger partial charge in [-0.2, -0.15) is 5.10 Å². The van der Waals surface area contributed by atoms with E-state index in [1.54, 1.807) is 24.3 Å². The molecular weight excluding hydrogens is 353 g/mol. The molecule has 124 valence electrons. The molecule has 0 heterocycles. The third-order valence-corrected chi connectivity index (χ3v) is 3.62. The molecule has 0 aromatic heterocycles. The zero-order chi connectivity index (χ0) is 17.7. The summed E-state index contributed by atoms with van der Waals surface area (Å²) in [4.78, 5) is 14.1. The predicted molar refractivity (Wildman–Crippen MR) is 95.9 cm³/mol. The van der Waals surface area contributed by atoms with Crippen LogP contribution in [0, 0.1) is 10.1 Å². The first-order valence-electron chi connectivity index (χ1n) is 6.68. The van der Waals surface area contributed by atoms with Gasteiger partial charge in [-0.1, -0.05) is 35.3 Å². The zero-order valence-corrected chi connectivity index (χ0v) is 14.0. The number of nitro groups is 1. The molecule has 0 saturated carbocycles. The molecule has 7 nitrogen and oxygen atoms in total. The summed E-state index contributed by atoms with van der Waals surface area (Å²) in [6, 6.07) is 11.0. The minimum absolute atomic E-state index is 0.109. The van der Waals surface area contributed by atoms with E-state index in [1.807, 2.05) is 0 Å². The number of hydrogen-bond donors (Lipinski definition) is 2. The van der Waals surface area contributed by atoms with Crippen molar-refractivity contribution in [2.75, 3.05) is 7.05 Å². The molecule has 0 aliphatic rings. The van der Waals surface area contributed by atoms with Crippen LogP contribution < -0.4 is 11.2 Å². The lowest BCUT2D eigenvalue weighted by Gasteiger charge is -2.10. The van der Waals surface area contributed by atoms with Crippen LogP contribution in [0.3, 0.4) is 0 Å². The van der Waals surface area contributed by atoms with Crippen molar-refractivity contribution in [1.82, 2.24) is 5.43 Å². The van der Waals surface area contributed by atoms with Gasteiger partial charge in [0.1, 0.15) is 0 Å². The third kappa shape index (κ3) is 4.21. The van der Waals surface area contributed by atoms with Crippen LogP contribution in [0.5, 0.6) is 0 Å². The van der Waals surface area contributed by atoms with Gasteiger partial charge in [0.25, 0.3) is 5.69 Å². The van der Waals surface area contributed by atoms with Crippen molar-refractivity contribution < 1.29 is 4.92 Å². The number of nitro benzene ring substituents is 1. The van der Waals surface area contributed by atoms with E-state index in [-0.39, 0.29) is 16.7 Å². The molecule has 0 aliphatic carbocycles. The molecule has 0 amide bonds. The van der Waals surface area contributed by atoms with E-state index in [2.05, 4.69) is 15.5 Å². The molecule has 0 atom stereocenters. The van der Waals surface area contributed by atoms with Gasteiger partial charge in [0.2, 0.25) is 5.96 Å². The summed E-state index contributed by atoms with van der Waals surface area (Å²) in [5, 5.41) is 15.8.